The van der Waals surface area contributed by atoms with Gasteiger partial charge in [-0.3, -0.25) is 4.79 Å². The highest BCUT2D eigenvalue weighted by Gasteiger charge is 2.25. The fourth-order valence-electron chi connectivity index (χ4n) is 3.13. The Balaban J connectivity index is 1.58. The first-order valence-corrected chi connectivity index (χ1v) is 9.75. The average molecular weight is 347 g/mol. The maximum Gasteiger partial charge on any atom is 0.317 e. The Labute approximate surface area is 147 Å². The molecule has 0 bridgehead atoms. The molecular weight excluding hydrogens is 322 g/mol. The van der Waals surface area contributed by atoms with Crippen molar-refractivity contribution in [1.82, 2.24) is 15.1 Å². The first kappa shape index (κ1) is 17.1. The van der Waals surface area contributed by atoms with E-state index in [1.54, 1.807) is 4.90 Å². The van der Waals surface area contributed by atoms with Crippen molar-refractivity contribution < 1.29 is 9.59 Å². The number of carbonyl (C=O) groups excluding carboxylic acids is 2. The number of urea groups is 1. The van der Waals surface area contributed by atoms with E-state index in [0.717, 1.165) is 18.4 Å². The van der Waals surface area contributed by atoms with Crippen LogP contribution in [0, 0.1) is 0 Å². The van der Waals surface area contributed by atoms with Gasteiger partial charge >= 0.3 is 6.03 Å². The number of fused-ring (bicyclic) bond motifs is 1. The van der Waals surface area contributed by atoms with Crippen LogP contribution >= 0.6 is 11.8 Å². The van der Waals surface area contributed by atoms with Crippen LogP contribution < -0.4 is 5.32 Å². The predicted molar refractivity (Wildman–Crippen MR) is 96.7 cm³/mol. The van der Waals surface area contributed by atoms with Crippen LogP contribution in [0.15, 0.2) is 23.1 Å². The Hall–Kier alpha value is -1.69. The van der Waals surface area contributed by atoms with Gasteiger partial charge in [0.1, 0.15) is 0 Å². The number of rotatable bonds is 3. The third-order valence-corrected chi connectivity index (χ3v) is 5.74. The molecule has 1 aromatic carbocycles. The van der Waals surface area contributed by atoms with Gasteiger partial charge in [-0.2, -0.15) is 0 Å². The molecule has 1 saturated heterocycles. The van der Waals surface area contributed by atoms with Gasteiger partial charge in [0.05, 0.1) is 0 Å². The Morgan fingerprint density at radius 3 is 2.67 bits per heavy atom. The lowest BCUT2D eigenvalue weighted by Crippen LogP contribution is -2.53. The molecule has 1 fully saturated rings. The predicted octanol–water partition coefficient (Wildman–Crippen LogP) is 2.60. The van der Waals surface area contributed by atoms with Gasteiger partial charge < -0.3 is 15.1 Å². The molecule has 24 heavy (non-hydrogen) atoms. The zero-order chi connectivity index (χ0) is 16.9. The van der Waals surface area contributed by atoms with Gasteiger partial charge in [-0.25, -0.2) is 4.79 Å². The summed E-state index contributed by atoms with van der Waals surface area (Å²) in [5, 5.41) is 2.89. The molecule has 1 N–H and O–H groups in total. The van der Waals surface area contributed by atoms with Crippen LogP contribution in [-0.4, -0.2) is 60.2 Å². The second-order valence-corrected chi connectivity index (χ2v) is 7.42. The summed E-state index contributed by atoms with van der Waals surface area (Å²) < 4.78 is 0. The van der Waals surface area contributed by atoms with E-state index in [1.165, 1.54) is 22.6 Å². The van der Waals surface area contributed by atoms with Crippen molar-refractivity contribution >= 4 is 23.7 Å². The van der Waals surface area contributed by atoms with Crippen LogP contribution in [0.2, 0.25) is 0 Å². The zero-order valence-corrected chi connectivity index (χ0v) is 15.0. The van der Waals surface area contributed by atoms with Crippen LogP contribution in [0.1, 0.15) is 35.7 Å². The van der Waals surface area contributed by atoms with Crippen LogP contribution in [-0.2, 0) is 6.42 Å². The molecule has 0 aliphatic carbocycles. The lowest BCUT2D eigenvalue weighted by atomic mass is 10.1. The average Bonchev–Trinajstić information content (AvgIpc) is 2.65. The summed E-state index contributed by atoms with van der Waals surface area (Å²) >= 11 is 1.88. The van der Waals surface area contributed by atoms with Crippen LogP contribution in [0.25, 0.3) is 0 Å². The first-order valence-electron chi connectivity index (χ1n) is 8.77. The minimum Gasteiger partial charge on any atom is -0.338 e. The highest BCUT2D eigenvalue weighted by molar-refractivity contribution is 7.99. The summed E-state index contributed by atoms with van der Waals surface area (Å²) in [5.41, 5.74) is 2.08. The third kappa shape index (κ3) is 3.86. The summed E-state index contributed by atoms with van der Waals surface area (Å²) in [4.78, 5) is 29.7. The molecule has 3 rings (SSSR count). The van der Waals surface area contributed by atoms with Crippen molar-refractivity contribution in [3.05, 3.63) is 29.3 Å². The van der Waals surface area contributed by atoms with E-state index in [4.69, 9.17) is 0 Å². The molecule has 5 nitrogen and oxygen atoms in total. The van der Waals surface area contributed by atoms with Crippen molar-refractivity contribution in [3.63, 3.8) is 0 Å². The molecular formula is C18H25N3O2S. The molecule has 130 valence electrons. The Morgan fingerprint density at radius 2 is 1.92 bits per heavy atom. The Morgan fingerprint density at radius 1 is 1.17 bits per heavy atom. The summed E-state index contributed by atoms with van der Waals surface area (Å²) in [6.07, 6.45) is 3.18. The number of amides is 3. The van der Waals surface area contributed by atoms with Crippen molar-refractivity contribution in [3.8, 4) is 0 Å². The number of nitrogens with zero attached hydrogens (tertiary/aromatic N) is 2. The molecule has 0 aromatic heterocycles. The van der Waals surface area contributed by atoms with Gasteiger partial charge in [0.15, 0.2) is 0 Å². The number of aryl methyl sites for hydroxylation is 1. The lowest BCUT2D eigenvalue weighted by molar-refractivity contribution is 0.0665. The summed E-state index contributed by atoms with van der Waals surface area (Å²) in [7, 11) is 0. The number of piperazine rings is 1. The third-order valence-electron chi connectivity index (χ3n) is 4.54. The van der Waals surface area contributed by atoms with Crippen LogP contribution in [0.5, 0.6) is 0 Å². The fraction of sp³-hybridized carbons (Fsp3) is 0.556. The summed E-state index contributed by atoms with van der Waals surface area (Å²) in [6, 6.07) is 6.07. The monoisotopic (exact) mass is 347 g/mol. The van der Waals surface area contributed by atoms with Gasteiger partial charge in [0, 0.05) is 43.2 Å². The van der Waals surface area contributed by atoms with Gasteiger partial charge in [0.2, 0.25) is 0 Å². The minimum atomic E-state index is -0.0187. The van der Waals surface area contributed by atoms with Crippen LogP contribution in [0.4, 0.5) is 4.79 Å². The SMILES string of the molecule is CCCNC(=O)N1CCN(C(=O)c2ccc3c(c2)CCCS3)CC1. The second kappa shape index (κ2) is 7.92. The molecule has 2 aliphatic rings. The number of carbonyl (C=O) groups is 2. The molecule has 3 amide bonds. The van der Waals surface area contributed by atoms with Crippen molar-refractivity contribution in [2.75, 3.05) is 38.5 Å². The van der Waals surface area contributed by atoms with Crippen molar-refractivity contribution in [2.45, 2.75) is 31.1 Å². The van der Waals surface area contributed by atoms with Gasteiger partial charge in [-0.15, -0.1) is 11.8 Å². The van der Waals surface area contributed by atoms with E-state index in [2.05, 4.69) is 17.4 Å². The maximum absolute atomic E-state index is 12.7. The quantitative estimate of drug-likeness (QED) is 0.914. The van der Waals surface area contributed by atoms with Crippen molar-refractivity contribution in [1.29, 1.82) is 0 Å². The normalized spacial score (nSPS) is 17.4. The first-order chi connectivity index (χ1) is 11.7. The zero-order valence-electron chi connectivity index (χ0n) is 14.2. The van der Waals surface area contributed by atoms with Gasteiger partial charge in [-0.1, -0.05) is 6.92 Å². The van der Waals surface area contributed by atoms with Crippen molar-refractivity contribution in [2.24, 2.45) is 0 Å². The summed E-state index contributed by atoms with van der Waals surface area (Å²) in [5.74, 6) is 1.25. The highest BCUT2D eigenvalue weighted by atomic mass is 32.2. The molecule has 6 heteroatoms. The van der Waals surface area contributed by atoms with Crippen LogP contribution in [0.3, 0.4) is 0 Å². The molecule has 0 spiro atoms. The van der Waals surface area contributed by atoms with E-state index in [1.807, 2.05) is 29.7 Å². The molecule has 1 aromatic rings. The largest absolute Gasteiger partial charge is 0.338 e. The molecule has 0 unspecified atom stereocenters. The van der Waals surface area contributed by atoms with E-state index >= 15 is 0 Å². The topological polar surface area (TPSA) is 52.7 Å². The smallest absolute Gasteiger partial charge is 0.317 e. The number of hydrogen-bond acceptors (Lipinski definition) is 3. The maximum atomic E-state index is 12.7. The molecule has 2 heterocycles. The van der Waals surface area contributed by atoms with E-state index < -0.39 is 0 Å². The molecule has 0 saturated carbocycles. The Kier molecular flexibility index (Phi) is 5.66. The lowest BCUT2D eigenvalue weighted by Gasteiger charge is -2.35. The number of hydrogen-bond donors (Lipinski definition) is 1. The fourth-order valence-corrected chi connectivity index (χ4v) is 4.15. The van der Waals surface area contributed by atoms with Gasteiger partial charge in [0.25, 0.3) is 5.91 Å². The minimum absolute atomic E-state index is 0.0187. The Bertz CT molecular complexity index is 612. The standard InChI is InChI=1S/C18H25N3O2S/c1-2-7-19-18(23)21-10-8-20(9-11-21)17(22)15-5-6-16-14(13-15)4-3-12-24-16/h5-6,13H,2-4,7-12H2,1H3,(H,19,23). The van der Waals surface area contributed by atoms with E-state index in [0.29, 0.717) is 32.7 Å². The second-order valence-electron chi connectivity index (χ2n) is 6.29. The summed E-state index contributed by atoms with van der Waals surface area (Å²) in [6.45, 7) is 5.14. The molecule has 0 atom stereocenters. The van der Waals surface area contributed by atoms with E-state index in [-0.39, 0.29) is 11.9 Å². The number of thioether (sulfide) groups is 1. The van der Waals surface area contributed by atoms with E-state index in [9.17, 15) is 9.59 Å². The number of nitrogens with one attached hydrogen (secondary N) is 1. The number of benzene rings is 1. The molecule has 0 radical (unpaired) electrons. The molecule has 2 aliphatic heterocycles. The van der Waals surface area contributed by atoms with Gasteiger partial charge in [-0.05, 0) is 48.8 Å². The highest BCUT2D eigenvalue weighted by Crippen LogP contribution is 2.30.